The van der Waals surface area contributed by atoms with E-state index < -0.39 is 0 Å². The van der Waals surface area contributed by atoms with Crippen molar-refractivity contribution in [3.63, 3.8) is 0 Å². The number of aromatic nitrogens is 1. The summed E-state index contributed by atoms with van der Waals surface area (Å²) in [5, 5.41) is 5.54. The number of carbonyl (C=O) groups excluding carboxylic acids is 3. The molecule has 1 aromatic heterocycles. The van der Waals surface area contributed by atoms with Crippen LogP contribution in [0.4, 0.5) is 0 Å². The van der Waals surface area contributed by atoms with Gasteiger partial charge in [-0.2, -0.15) is 0 Å². The van der Waals surface area contributed by atoms with Crippen LogP contribution in [0.2, 0.25) is 0 Å². The van der Waals surface area contributed by atoms with Crippen molar-refractivity contribution in [2.24, 2.45) is 5.92 Å². The summed E-state index contributed by atoms with van der Waals surface area (Å²) in [4.78, 5) is 40.9. The maximum atomic E-state index is 12.1. The zero-order chi connectivity index (χ0) is 16.7. The van der Waals surface area contributed by atoms with E-state index in [9.17, 15) is 14.4 Å². The number of piperidine rings is 1. The first-order chi connectivity index (χ1) is 11.1. The second kappa shape index (κ2) is 8.26. The highest BCUT2D eigenvalue weighted by Gasteiger charge is 2.26. The quantitative estimate of drug-likeness (QED) is 0.758. The molecule has 7 nitrogen and oxygen atoms in total. The van der Waals surface area contributed by atoms with E-state index in [-0.39, 0.29) is 23.6 Å². The average molecular weight is 318 g/mol. The lowest BCUT2D eigenvalue weighted by atomic mass is 9.97. The molecule has 0 aliphatic carbocycles. The van der Waals surface area contributed by atoms with Crippen molar-refractivity contribution in [2.75, 3.05) is 26.2 Å². The lowest BCUT2D eigenvalue weighted by molar-refractivity contribution is -0.133. The SMILES string of the molecule is CC(=O)N1CCCC(C(=O)NCCNC(=O)c2cccnc2)C1. The van der Waals surface area contributed by atoms with Crippen molar-refractivity contribution in [3.8, 4) is 0 Å². The van der Waals surface area contributed by atoms with E-state index in [1.54, 1.807) is 23.2 Å². The van der Waals surface area contributed by atoms with Crippen molar-refractivity contribution < 1.29 is 14.4 Å². The molecule has 7 heteroatoms. The Morgan fingerprint density at radius 1 is 1.30 bits per heavy atom. The molecule has 0 spiro atoms. The van der Waals surface area contributed by atoms with E-state index in [1.807, 2.05) is 0 Å². The Balaban J connectivity index is 1.68. The minimum absolute atomic E-state index is 0.00577. The molecule has 3 amide bonds. The van der Waals surface area contributed by atoms with Gasteiger partial charge in [0.25, 0.3) is 5.91 Å². The Hall–Kier alpha value is -2.44. The molecule has 0 radical (unpaired) electrons. The first-order valence-electron chi connectivity index (χ1n) is 7.79. The Morgan fingerprint density at radius 2 is 2.09 bits per heavy atom. The van der Waals surface area contributed by atoms with Crippen LogP contribution in [0, 0.1) is 5.92 Å². The highest BCUT2D eigenvalue weighted by molar-refractivity contribution is 5.93. The third-order valence-corrected chi connectivity index (χ3v) is 3.87. The van der Waals surface area contributed by atoms with Gasteiger partial charge in [-0.3, -0.25) is 19.4 Å². The fourth-order valence-electron chi connectivity index (χ4n) is 2.58. The van der Waals surface area contributed by atoms with Crippen molar-refractivity contribution in [2.45, 2.75) is 19.8 Å². The molecule has 0 aromatic carbocycles. The predicted molar refractivity (Wildman–Crippen MR) is 84.6 cm³/mol. The summed E-state index contributed by atoms with van der Waals surface area (Å²) in [6.07, 6.45) is 4.73. The van der Waals surface area contributed by atoms with Crippen molar-refractivity contribution in [1.82, 2.24) is 20.5 Å². The van der Waals surface area contributed by atoms with Gasteiger partial charge in [-0.1, -0.05) is 0 Å². The van der Waals surface area contributed by atoms with Gasteiger partial charge in [-0.15, -0.1) is 0 Å². The Kier molecular flexibility index (Phi) is 6.08. The second-order valence-corrected chi connectivity index (χ2v) is 5.59. The molecule has 1 aromatic rings. The molecule has 124 valence electrons. The molecule has 1 fully saturated rings. The van der Waals surface area contributed by atoms with Gasteiger partial charge in [0.05, 0.1) is 11.5 Å². The molecule has 0 bridgehead atoms. The highest BCUT2D eigenvalue weighted by atomic mass is 16.2. The number of hydrogen-bond acceptors (Lipinski definition) is 4. The second-order valence-electron chi connectivity index (χ2n) is 5.59. The molecular formula is C16H22N4O3. The smallest absolute Gasteiger partial charge is 0.252 e. The number of amides is 3. The standard InChI is InChI=1S/C16H22N4O3/c1-12(21)20-9-3-5-14(11-20)16(23)19-8-7-18-15(22)13-4-2-6-17-10-13/h2,4,6,10,14H,3,5,7-9,11H2,1H3,(H,18,22)(H,19,23). The van der Waals surface area contributed by atoms with Gasteiger partial charge in [0, 0.05) is 45.5 Å². The maximum absolute atomic E-state index is 12.1. The van der Waals surface area contributed by atoms with E-state index in [1.165, 1.54) is 13.1 Å². The summed E-state index contributed by atoms with van der Waals surface area (Å²) in [7, 11) is 0. The molecule has 2 heterocycles. The summed E-state index contributed by atoms with van der Waals surface area (Å²) in [5.74, 6) is -0.438. The van der Waals surface area contributed by atoms with E-state index >= 15 is 0 Å². The molecule has 23 heavy (non-hydrogen) atoms. The van der Waals surface area contributed by atoms with Crippen LogP contribution < -0.4 is 10.6 Å². The Bertz CT molecular complexity index is 562. The van der Waals surface area contributed by atoms with Gasteiger partial charge in [0.15, 0.2) is 0 Å². The maximum Gasteiger partial charge on any atom is 0.252 e. The normalized spacial score (nSPS) is 17.4. The summed E-state index contributed by atoms with van der Waals surface area (Å²) >= 11 is 0. The highest BCUT2D eigenvalue weighted by Crippen LogP contribution is 2.16. The third-order valence-electron chi connectivity index (χ3n) is 3.87. The first kappa shape index (κ1) is 16.9. The molecule has 1 atom stereocenters. The molecule has 1 saturated heterocycles. The number of likely N-dealkylation sites (tertiary alicyclic amines) is 1. The molecule has 1 aliphatic rings. The number of carbonyl (C=O) groups is 3. The lowest BCUT2D eigenvalue weighted by Crippen LogP contribution is -2.46. The first-order valence-corrected chi connectivity index (χ1v) is 7.79. The van der Waals surface area contributed by atoms with Crippen LogP contribution in [-0.2, 0) is 9.59 Å². The minimum Gasteiger partial charge on any atom is -0.354 e. The topological polar surface area (TPSA) is 91.4 Å². The summed E-state index contributed by atoms with van der Waals surface area (Å²) in [5.41, 5.74) is 0.489. The van der Waals surface area contributed by atoms with Gasteiger partial charge in [0.2, 0.25) is 11.8 Å². The van der Waals surface area contributed by atoms with E-state index in [0.717, 1.165) is 19.4 Å². The van der Waals surface area contributed by atoms with Crippen LogP contribution in [0.25, 0.3) is 0 Å². The van der Waals surface area contributed by atoms with Crippen molar-refractivity contribution in [1.29, 1.82) is 0 Å². The fraction of sp³-hybridized carbons (Fsp3) is 0.500. The van der Waals surface area contributed by atoms with E-state index in [2.05, 4.69) is 15.6 Å². The van der Waals surface area contributed by atoms with E-state index in [0.29, 0.717) is 25.2 Å². The van der Waals surface area contributed by atoms with E-state index in [4.69, 9.17) is 0 Å². The van der Waals surface area contributed by atoms with Crippen LogP contribution in [0.15, 0.2) is 24.5 Å². The van der Waals surface area contributed by atoms with Crippen molar-refractivity contribution >= 4 is 17.7 Å². The van der Waals surface area contributed by atoms with Crippen LogP contribution in [0.3, 0.4) is 0 Å². The molecule has 1 unspecified atom stereocenters. The fourth-order valence-corrected chi connectivity index (χ4v) is 2.58. The van der Waals surface area contributed by atoms with Crippen molar-refractivity contribution in [3.05, 3.63) is 30.1 Å². The van der Waals surface area contributed by atoms with Crippen LogP contribution >= 0.6 is 0 Å². The number of nitrogens with one attached hydrogen (secondary N) is 2. The molecule has 2 N–H and O–H groups in total. The molecule has 1 aliphatic heterocycles. The van der Waals surface area contributed by atoms with Crippen LogP contribution in [-0.4, -0.2) is 53.8 Å². The summed E-state index contributed by atoms with van der Waals surface area (Å²) < 4.78 is 0. The largest absolute Gasteiger partial charge is 0.354 e. The number of nitrogens with zero attached hydrogens (tertiary/aromatic N) is 2. The molecular weight excluding hydrogens is 296 g/mol. The zero-order valence-corrected chi connectivity index (χ0v) is 13.2. The molecule has 2 rings (SSSR count). The Labute approximate surface area is 135 Å². The van der Waals surface area contributed by atoms with Gasteiger partial charge in [-0.05, 0) is 25.0 Å². The van der Waals surface area contributed by atoms with Gasteiger partial charge < -0.3 is 15.5 Å². The van der Waals surface area contributed by atoms with Gasteiger partial charge in [0.1, 0.15) is 0 Å². The lowest BCUT2D eigenvalue weighted by Gasteiger charge is -2.31. The van der Waals surface area contributed by atoms with Crippen LogP contribution in [0.5, 0.6) is 0 Å². The molecule has 0 saturated carbocycles. The number of hydrogen-bond donors (Lipinski definition) is 2. The average Bonchev–Trinajstić information content (AvgIpc) is 2.59. The number of pyridine rings is 1. The van der Waals surface area contributed by atoms with Gasteiger partial charge in [-0.25, -0.2) is 0 Å². The predicted octanol–water partition coefficient (Wildman–Crippen LogP) is 0.186. The summed E-state index contributed by atoms with van der Waals surface area (Å²) in [6.45, 7) is 3.43. The summed E-state index contributed by atoms with van der Waals surface area (Å²) in [6, 6.07) is 3.37. The number of rotatable bonds is 5. The van der Waals surface area contributed by atoms with Gasteiger partial charge >= 0.3 is 0 Å². The monoisotopic (exact) mass is 318 g/mol. The minimum atomic E-state index is -0.215. The van der Waals surface area contributed by atoms with Crippen LogP contribution in [0.1, 0.15) is 30.1 Å². The Morgan fingerprint density at radius 3 is 2.78 bits per heavy atom. The zero-order valence-electron chi connectivity index (χ0n) is 13.2. The third kappa shape index (κ3) is 5.05.